The number of unbranched alkanes of at least 4 members (excludes halogenated alkanes) is 3. The molecule has 94 valence electrons. The molecule has 4 nitrogen and oxygen atoms in total. The molecule has 0 bridgehead atoms. The minimum Gasteiger partial charge on any atom is -0.355 e. The lowest BCUT2D eigenvalue weighted by Crippen LogP contribution is -2.25. The first-order chi connectivity index (χ1) is 7.70. The van der Waals surface area contributed by atoms with E-state index < -0.39 is 0 Å². The summed E-state index contributed by atoms with van der Waals surface area (Å²) in [6.07, 6.45) is 4.13. The second-order valence-corrected chi connectivity index (χ2v) is 4.50. The van der Waals surface area contributed by atoms with Crippen molar-refractivity contribution in [1.82, 2.24) is 10.6 Å². The minimum atomic E-state index is 0.0320. The molecule has 0 rings (SSSR count). The molecule has 0 aliphatic rings. The van der Waals surface area contributed by atoms with Gasteiger partial charge in [-0.25, -0.2) is 0 Å². The quantitative estimate of drug-likeness (QED) is 0.486. The first kappa shape index (κ1) is 15.9. The number of alkyl halides is 2. The first-order valence-corrected chi connectivity index (χ1v) is 7.60. The molecule has 0 aliphatic heterocycles. The van der Waals surface area contributed by atoms with E-state index >= 15 is 0 Å². The van der Waals surface area contributed by atoms with Crippen LogP contribution in [0.1, 0.15) is 25.7 Å². The number of halogens is 2. The van der Waals surface area contributed by atoms with Crippen LogP contribution in [0.15, 0.2) is 0 Å². The van der Waals surface area contributed by atoms with E-state index in [1.165, 1.54) is 0 Å². The van der Waals surface area contributed by atoms with Gasteiger partial charge >= 0.3 is 0 Å². The Kier molecular flexibility index (Phi) is 11.3. The van der Waals surface area contributed by atoms with Crippen molar-refractivity contribution in [2.24, 2.45) is 0 Å². The molecule has 2 N–H and O–H groups in total. The first-order valence-electron chi connectivity index (χ1n) is 5.36. The predicted octanol–water partition coefficient (Wildman–Crippen LogP) is 1.57. The Morgan fingerprint density at radius 3 is 1.44 bits per heavy atom. The summed E-state index contributed by atoms with van der Waals surface area (Å²) < 4.78 is 0. The summed E-state index contributed by atoms with van der Waals surface area (Å²) in [6.45, 7) is 1.47. The largest absolute Gasteiger partial charge is 0.355 e. The van der Waals surface area contributed by atoms with Gasteiger partial charge in [0, 0.05) is 13.1 Å². The number of hydrogen-bond donors (Lipinski definition) is 2. The Balaban J connectivity index is 3.10. The molecular weight excluding hydrogens is 340 g/mol. The number of hydrogen-bond acceptors (Lipinski definition) is 2. The average molecular weight is 358 g/mol. The smallest absolute Gasteiger partial charge is 0.230 e. The fraction of sp³-hybridized carbons (Fsp3) is 0.800. The molecular formula is C10H18Br2N2O2. The third-order valence-corrected chi connectivity index (χ3v) is 3.01. The van der Waals surface area contributed by atoms with Gasteiger partial charge in [0.05, 0.1) is 10.7 Å². The van der Waals surface area contributed by atoms with Gasteiger partial charge in [0.25, 0.3) is 0 Å². The highest BCUT2D eigenvalue weighted by atomic mass is 79.9. The second kappa shape index (κ2) is 11.4. The molecule has 0 aliphatic carbocycles. The van der Waals surface area contributed by atoms with E-state index in [1.54, 1.807) is 0 Å². The molecule has 0 unspecified atom stereocenters. The van der Waals surface area contributed by atoms with E-state index in [1.807, 2.05) is 0 Å². The van der Waals surface area contributed by atoms with Crippen LogP contribution in [-0.2, 0) is 9.59 Å². The zero-order chi connectivity index (χ0) is 12.2. The van der Waals surface area contributed by atoms with Crippen molar-refractivity contribution in [3.63, 3.8) is 0 Å². The van der Waals surface area contributed by atoms with Crippen molar-refractivity contribution < 1.29 is 9.59 Å². The molecule has 16 heavy (non-hydrogen) atoms. The van der Waals surface area contributed by atoms with Gasteiger partial charge in [-0.2, -0.15) is 0 Å². The predicted molar refractivity (Wildman–Crippen MR) is 72.1 cm³/mol. The highest BCUT2D eigenvalue weighted by molar-refractivity contribution is 9.09. The Morgan fingerprint density at radius 1 is 0.750 bits per heavy atom. The summed E-state index contributed by atoms with van der Waals surface area (Å²) in [6, 6.07) is 0. The Bertz CT molecular complexity index is 191. The van der Waals surface area contributed by atoms with Gasteiger partial charge in [-0.15, -0.1) is 0 Å². The molecule has 0 aromatic rings. The maximum Gasteiger partial charge on any atom is 0.230 e. The van der Waals surface area contributed by atoms with Crippen LogP contribution >= 0.6 is 31.9 Å². The average Bonchev–Trinajstić information content (AvgIpc) is 2.31. The molecule has 0 spiro atoms. The summed E-state index contributed by atoms with van der Waals surface area (Å²) in [4.78, 5) is 21.7. The second-order valence-electron chi connectivity index (χ2n) is 3.38. The third-order valence-electron chi connectivity index (χ3n) is 1.99. The van der Waals surface area contributed by atoms with E-state index in [9.17, 15) is 9.59 Å². The van der Waals surface area contributed by atoms with Crippen molar-refractivity contribution in [3.8, 4) is 0 Å². The van der Waals surface area contributed by atoms with E-state index in [-0.39, 0.29) is 11.8 Å². The summed E-state index contributed by atoms with van der Waals surface area (Å²) >= 11 is 6.16. The highest BCUT2D eigenvalue weighted by Gasteiger charge is 1.97. The van der Waals surface area contributed by atoms with Crippen LogP contribution in [0.25, 0.3) is 0 Å². The van der Waals surface area contributed by atoms with Crippen LogP contribution in [-0.4, -0.2) is 35.6 Å². The maximum atomic E-state index is 10.8. The number of amides is 2. The van der Waals surface area contributed by atoms with E-state index in [4.69, 9.17) is 0 Å². The van der Waals surface area contributed by atoms with Gasteiger partial charge in [-0.1, -0.05) is 44.7 Å². The topological polar surface area (TPSA) is 58.2 Å². The maximum absolute atomic E-state index is 10.8. The van der Waals surface area contributed by atoms with Gasteiger partial charge in [0.15, 0.2) is 0 Å². The van der Waals surface area contributed by atoms with Crippen LogP contribution in [0.3, 0.4) is 0 Å². The number of carbonyl (C=O) groups is 2. The van der Waals surface area contributed by atoms with Gasteiger partial charge in [0.1, 0.15) is 0 Å². The van der Waals surface area contributed by atoms with Crippen molar-refractivity contribution in [3.05, 3.63) is 0 Å². The molecule has 0 fully saturated rings. The van der Waals surface area contributed by atoms with Crippen LogP contribution < -0.4 is 10.6 Å². The SMILES string of the molecule is O=C(CBr)NCCCCCCNC(=O)CBr. The Morgan fingerprint density at radius 2 is 1.12 bits per heavy atom. The number of nitrogens with one attached hydrogen (secondary N) is 2. The lowest BCUT2D eigenvalue weighted by atomic mass is 10.2. The number of rotatable bonds is 9. The normalized spacial score (nSPS) is 9.88. The van der Waals surface area contributed by atoms with Gasteiger partial charge in [-0.05, 0) is 12.8 Å². The van der Waals surface area contributed by atoms with Gasteiger partial charge in [-0.3, -0.25) is 9.59 Å². The Labute approximate surface area is 113 Å². The molecule has 6 heteroatoms. The fourth-order valence-corrected chi connectivity index (χ4v) is 1.55. The highest BCUT2D eigenvalue weighted by Crippen LogP contribution is 1.98. The summed E-state index contributed by atoms with van der Waals surface area (Å²) in [5.74, 6) is 0.0640. The van der Waals surface area contributed by atoms with Crippen molar-refractivity contribution in [1.29, 1.82) is 0 Å². The molecule has 0 saturated heterocycles. The monoisotopic (exact) mass is 356 g/mol. The molecule has 0 radical (unpaired) electrons. The number of carbonyl (C=O) groups excluding carboxylic acids is 2. The molecule has 0 aromatic heterocycles. The lowest BCUT2D eigenvalue weighted by Gasteiger charge is -2.04. The summed E-state index contributed by atoms with van der Waals surface area (Å²) in [5, 5.41) is 6.31. The van der Waals surface area contributed by atoms with Crippen LogP contribution in [0.5, 0.6) is 0 Å². The van der Waals surface area contributed by atoms with Crippen molar-refractivity contribution >= 4 is 43.7 Å². The minimum absolute atomic E-state index is 0.0320. The fourth-order valence-electron chi connectivity index (χ4n) is 1.15. The van der Waals surface area contributed by atoms with Gasteiger partial charge < -0.3 is 10.6 Å². The molecule has 0 atom stereocenters. The van der Waals surface area contributed by atoms with E-state index in [0.717, 1.165) is 38.8 Å². The standard InChI is InChI=1S/C10H18Br2N2O2/c11-7-9(15)13-5-3-1-2-4-6-14-10(16)8-12/h1-8H2,(H,13,15)(H,14,16). The van der Waals surface area contributed by atoms with E-state index in [2.05, 4.69) is 42.5 Å². The summed E-state index contributed by atoms with van der Waals surface area (Å²) in [7, 11) is 0. The lowest BCUT2D eigenvalue weighted by molar-refractivity contribution is -0.119. The van der Waals surface area contributed by atoms with Gasteiger partial charge in [0.2, 0.25) is 11.8 Å². The van der Waals surface area contributed by atoms with Crippen molar-refractivity contribution in [2.45, 2.75) is 25.7 Å². The van der Waals surface area contributed by atoms with Crippen molar-refractivity contribution in [2.75, 3.05) is 23.7 Å². The zero-order valence-corrected chi connectivity index (χ0v) is 12.4. The molecule has 0 heterocycles. The zero-order valence-electron chi connectivity index (χ0n) is 9.23. The molecule has 0 aromatic carbocycles. The summed E-state index contributed by atoms with van der Waals surface area (Å²) in [5.41, 5.74) is 0. The third kappa shape index (κ3) is 10.4. The molecule has 2 amide bonds. The molecule has 0 saturated carbocycles. The van der Waals surface area contributed by atoms with Crippen LogP contribution in [0.2, 0.25) is 0 Å². The van der Waals surface area contributed by atoms with E-state index in [0.29, 0.717) is 10.7 Å². The Hall–Kier alpha value is -0.100. The van der Waals surface area contributed by atoms with Crippen LogP contribution in [0, 0.1) is 0 Å². The van der Waals surface area contributed by atoms with Crippen LogP contribution in [0.4, 0.5) is 0 Å².